The number of hydrogen-bond acceptors (Lipinski definition) is 2. The van der Waals surface area contributed by atoms with Gasteiger partial charge in [0.25, 0.3) is 8.32 Å². The van der Waals surface area contributed by atoms with E-state index in [4.69, 9.17) is 8.84 Å². The van der Waals surface area contributed by atoms with Crippen molar-refractivity contribution in [2.75, 3.05) is 0 Å². The predicted octanol–water partition coefficient (Wildman–Crippen LogP) is 4.96. The van der Waals surface area contributed by atoms with Crippen molar-refractivity contribution in [3.05, 3.63) is 30.3 Å². The lowest BCUT2D eigenvalue weighted by atomic mass is 10.2. The number of halogens is 1. The van der Waals surface area contributed by atoms with Crippen LogP contribution in [0.5, 0.6) is 5.75 Å². The molecule has 1 aromatic heterocycles. The quantitative estimate of drug-likeness (QED) is 0.717. The molecule has 0 spiro atoms. The normalized spacial score (nSPS) is 13.0. The first-order valence-corrected chi connectivity index (χ1v) is 8.97. The molecule has 0 fully saturated rings. The second kappa shape index (κ2) is 4.12. The zero-order chi connectivity index (χ0) is 13.6. The van der Waals surface area contributed by atoms with E-state index in [2.05, 4.69) is 33.9 Å². The van der Waals surface area contributed by atoms with E-state index in [1.54, 1.807) is 12.3 Å². The van der Waals surface area contributed by atoms with Gasteiger partial charge in [-0.2, -0.15) is 0 Å². The van der Waals surface area contributed by atoms with Gasteiger partial charge in [0.1, 0.15) is 11.3 Å². The topological polar surface area (TPSA) is 22.4 Å². The molecule has 0 aliphatic rings. The highest BCUT2D eigenvalue weighted by atomic mass is 28.4. The molecule has 0 unspecified atom stereocenters. The first-order valence-electron chi connectivity index (χ1n) is 6.06. The van der Waals surface area contributed by atoms with Crippen molar-refractivity contribution in [1.82, 2.24) is 0 Å². The molecular formula is C14H19FO2Si. The van der Waals surface area contributed by atoms with Crippen molar-refractivity contribution < 1.29 is 13.2 Å². The summed E-state index contributed by atoms with van der Waals surface area (Å²) in [6, 6.07) is 4.92. The van der Waals surface area contributed by atoms with Gasteiger partial charge in [-0.25, -0.2) is 4.39 Å². The van der Waals surface area contributed by atoms with Crippen molar-refractivity contribution in [3.63, 3.8) is 0 Å². The molecule has 0 N–H and O–H groups in total. The maximum Gasteiger partial charge on any atom is 0.250 e. The van der Waals surface area contributed by atoms with Gasteiger partial charge in [-0.15, -0.1) is 0 Å². The third-order valence-electron chi connectivity index (χ3n) is 3.68. The zero-order valence-electron chi connectivity index (χ0n) is 11.5. The van der Waals surface area contributed by atoms with Gasteiger partial charge >= 0.3 is 0 Å². The number of furan rings is 1. The summed E-state index contributed by atoms with van der Waals surface area (Å²) in [4.78, 5) is 0. The molecule has 2 nitrogen and oxygen atoms in total. The molecule has 1 aromatic carbocycles. The summed E-state index contributed by atoms with van der Waals surface area (Å²) in [7, 11) is -2.01. The van der Waals surface area contributed by atoms with Gasteiger partial charge < -0.3 is 8.84 Å². The second-order valence-electron chi connectivity index (χ2n) is 6.10. The lowest BCUT2D eigenvalue weighted by Gasteiger charge is -2.36. The Bertz CT molecular complexity index is 567. The van der Waals surface area contributed by atoms with E-state index >= 15 is 0 Å². The summed E-state index contributed by atoms with van der Waals surface area (Å²) in [5.41, 5.74) is 0.551. The van der Waals surface area contributed by atoms with E-state index in [-0.39, 0.29) is 10.9 Å². The van der Waals surface area contributed by atoms with E-state index < -0.39 is 8.32 Å². The molecule has 4 heteroatoms. The van der Waals surface area contributed by atoms with Gasteiger partial charge in [0.2, 0.25) is 0 Å². The Balaban J connectivity index is 2.40. The molecule has 0 aliphatic carbocycles. The Kier molecular flexibility index (Phi) is 3.01. The van der Waals surface area contributed by atoms with Crippen LogP contribution in [-0.2, 0) is 0 Å². The molecule has 0 saturated heterocycles. The molecule has 0 aliphatic heterocycles. The summed E-state index contributed by atoms with van der Waals surface area (Å²) < 4.78 is 25.1. The molecular weight excluding hydrogens is 247 g/mol. The van der Waals surface area contributed by atoms with Gasteiger partial charge in [0, 0.05) is 11.5 Å². The van der Waals surface area contributed by atoms with E-state index in [9.17, 15) is 4.39 Å². The number of hydrogen-bond donors (Lipinski definition) is 0. The van der Waals surface area contributed by atoms with Crippen LogP contribution in [0.3, 0.4) is 0 Å². The molecule has 2 rings (SSSR count). The zero-order valence-corrected chi connectivity index (χ0v) is 12.5. The van der Waals surface area contributed by atoms with Crippen molar-refractivity contribution in [1.29, 1.82) is 0 Å². The summed E-state index contributed by atoms with van der Waals surface area (Å²) in [6.45, 7) is 10.6. The van der Waals surface area contributed by atoms with Crippen LogP contribution in [0, 0.1) is 5.82 Å². The Morgan fingerprint density at radius 2 is 1.89 bits per heavy atom. The van der Waals surface area contributed by atoms with Crippen molar-refractivity contribution >= 4 is 19.3 Å². The van der Waals surface area contributed by atoms with Crippen LogP contribution in [-0.4, -0.2) is 8.32 Å². The summed E-state index contributed by atoms with van der Waals surface area (Å²) in [5, 5.41) is 0.912. The van der Waals surface area contributed by atoms with Crippen LogP contribution >= 0.6 is 0 Å². The largest absolute Gasteiger partial charge is 0.542 e. The first-order chi connectivity index (χ1) is 8.21. The van der Waals surface area contributed by atoms with Gasteiger partial charge in [0.05, 0.1) is 6.26 Å². The van der Waals surface area contributed by atoms with Crippen LogP contribution in [0.4, 0.5) is 4.39 Å². The Labute approximate surface area is 108 Å². The predicted molar refractivity (Wildman–Crippen MR) is 74.0 cm³/mol. The second-order valence-corrected chi connectivity index (χ2v) is 10.8. The molecule has 0 bridgehead atoms. The third kappa shape index (κ3) is 2.29. The molecule has 18 heavy (non-hydrogen) atoms. The molecule has 0 radical (unpaired) electrons. The average molecular weight is 266 g/mol. The average Bonchev–Trinajstić information content (AvgIpc) is 2.63. The minimum atomic E-state index is -2.01. The Hall–Kier alpha value is -1.29. The molecule has 2 aromatic rings. The highest BCUT2D eigenvalue weighted by Crippen LogP contribution is 2.38. The summed E-state index contributed by atoms with van der Waals surface area (Å²) in [5.74, 6) is -0.0298. The maximum absolute atomic E-state index is 14.0. The van der Waals surface area contributed by atoms with Crippen LogP contribution in [0.2, 0.25) is 18.1 Å². The Morgan fingerprint density at radius 3 is 2.50 bits per heavy atom. The number of benzene rings is 1. The van der Waals surface area contributed by atoms with Crippen molar-refractivity contribution in [2.45, 2.75) is 38.9 Å². The fourth-order valence-corrected chi connectivity index (χ4v) is 2.48. The van der Waals surface area contributed by atoms with Crippen molar-refractivity contribution in [3.8, 4) is 5.75 Å². The van der Waals surface area contributed by atoms with Crippen LogP contribution in [0.25, 0.3) is 11.0 Å². The highest BCUT2D eigenvalue weighted by Gasteiger charge is 2.39. The molecule has 0 atom stereocenters. The van der Waals surface area contributed by atoms with Crippen LogP contribution in [0.1, 0.15) is 20.8 Å². The van der Waals surface area contributed by atoms with E-state index in [0.29, 0.717) is 11.3 Å². The minimum absolute atomic E-state index is 0.0464. The van der Waals surface area contributed by atoms with Gasteiger partial charge in [-0.05, 0) is 30.3 Å². The van der Waals surface area contributed by atoms with E-state index in [1.807, 2.05) is 6.07 Å². The molecule has 98 valence electrons. The number of fused-ring (bicyclic) bond motifs is 1. The number of rotatable bonds is 2. The fourth-order valence-electron chi connectivity index (χ4n) is 1.47. The monoisotopic (exact) mass is 266 g/mol. The standard InChI is InChI=1S/C14H19FO2Si/c1-14(2,3)18(4,5)17-13-8-10-6-7-16-12(10)9-11(13)15/h6-9H,1-5H3. The first kappa shape index (κ1) is 13.1. The molecule has 0 saturated carbocycles. The van der Waals surface area contributed by atoms with Gasteiger partial charge in [-0.1, -0.05) is 20.8 Å². The van der Waals surface area contributed by atoms with Crippen molar-refractivity contribution in [2.24, 2.45) is 0 Å². The fraction of sp³-hybridized carbons (Fsp3) is 0.429. The van der Waals surface area contributed by atoms with E-state index in [1.165, 1.54) is 6.07 Å². The highest BCUT2D eigenvalue weighted by molar-refractivity contribution is 6.74. The van der Waals surface area contributed by atoms with Gasteiger partial charge in [-0.3, -0.25) is 0 Å². The third-order valence-corrected chi connectivity index (χ3v) is 8.02. The summed E-state index contributed by atoms with van der Waals surface area (Å²) >= 11 is 0. The lowest BCUT2D eigenvalue weighted by molar-refractivity contribution is 0.457. The Morgan fingerprint density at radius 1 is 1.22 bits per heavy atom. The maximum atomic E-state index is 14.0. The molecule has 0 amide bonds. The lowest BCUT2D eigenvalue weighted by Crippen LogP contribution is -2.44. The molecule has 1 heterocycles. The summed E-state index contributed by atoms with van der Waals surface area (Å²) in [6.07, 6.45) is 1.56. The van der Waals surface area contributed by atoms with Crippen LogP contribution < -0.4 is 4.43 Å². The van der Waals surface area contributed by atoms with Gasteiger partial charge in [0.15, 0.2) is 5.82 Å². The van der Waals surface area contributed by atoms with E-state index in [0.717, 1.165) is 5.39 Å². The minimum Gasteiger partial charge on any atom is -0.542 e. The van der Waals surface area contributed by atoms with Crippen LogP contribution in [0.15, 0.2) is 28.9 Å². The smallest absolute Gasteiger partial charge is 0.250 e. The SMILES string of the molecule is CC(C)(C)[Si](C)(C)Oc1cc2ccoc2cc1F.